The number of Topliss-reactive ketones (excluding diaryl/α,β-unsaturated/α-hetero) is 1. The molecule has 1 unspecified atom stereocenters. The van der Waals surface area contributed by atoms with Crippen molar-refractivity contribution in [2.75, 3.05) is 0 Å². The molecule has 0 aliphatic rings. The van der Waals surface area contributed by atoms with Crippen LogP contribution in [-0.4, -0.2) is 28.6 Å². The Morgan fingerprint density at radius 2 is 1.24 bits per heavy atom. The van der Waals surface area contributed by atoms with Gasteiger partial charge in [0.25, 0.3) is 0 Å². The van der Waals surface area contributed by atoms with Gasteiger partial charge in [-0.15, -0.1) is 0 Å². The fraction of sp³-hybridized carbons (Fsp3) is 0.241. The monoisotopic (exact) mass is 584 g/mol. The molecule has 0 saturated carbocycles. The molecule has 1 N–H and O–H groups in total. The van der Waals surface area contributed by atoms with Gasteiger partial charge in [0.15, 0.2) is 5.78 Å². The maximum Gasteiger partial charge on any atom is 0.584 e. The van der Waals surface area contributed by atoms with E-state index in [1.165, 1.54) is 24.3 Å². The van der Waals surface area contributed by atoms with Gasteiger partial charge in [-0.05, 0) is 61.2 Å². The van der Waals surface area contributed by atoms with Crippen molar-refractivity contribution < 1.29 is 51.9 Å². The summed E-state index contributed by atoms with van der Waals surface area (Å²) in [7, 11) is -4.54. The highest BCUT2D eigenvalue weighted by Gasteiger charge is 2.26. The van der Waals surface area contributed by atoms with Crippen LogP contribution in [0.3, 0.4) is 0 Å². The standard InChI is InChI=1S/C29H29O11P/c1-17-11-18(2)13-25(12-17)40-41(34,35)39-23-8-6-7-22(14-23)9-10-26(33)29-27(37-20(4)31)15-24(36-19(3)30)16-28(29)38-21(5)32/h6-8,11-16H,9-10H2,1-5H3,(H,34,35). The second-order valence-electron chi connectivity index (χ2n) is 9.12. The summed E-state index contributed by atoms with van der Waals surface area (Å²) in [5, 5.41) is 0. The third-order valence-corrected chi connectivity index (χ3v) is 6.15. The summed E-state index contributed by atoms with van der Waals surface area (Å²) in [6, 6.07) is 13.6. The molecule has 0 aliphatic carbocycles. The molecule has 11 nitrogen and oxygen atoms in total. The number of rotatable bonds is 11. The summed E-state index contributed by atoms with van der Waals surface area (Å²) in [6.45, 7) is 7.04. The van der Waals surface area contributed by atoms with E-state index in [9.17, 15) is 28.6 Å². The molecule has 12 heteroatoms. The van der Waals surface area contributed by atoms with Crippen LogP contribution in [0.1, 0.15) is 54.2 Å². The number of phosphoric ester groups is 1. The number of phosphoric acid groups is 1. The maximum atomic E-state index is 13.3. The maximum absolute atomic E-state index is 13.3. The van der Waals surface area contributed by atoms with Crippen LogP contribution < -0.4 is 23.3 Å². The minimum absolute atomic E-state index is 0.0390. The Balaban J connectivity index is 1.81. The summed E-state index contributed by atoms with van der Waals surface area (Å²) in [4.78, 5) is 58.5. The van der Waals surface area contributed by atoms with Gasteiger partial charge in [0.1, 0.15) is 34.3 Å². The molecule has 3 aromatic rings. The van der Waals surface area contributed by atoms with Crippen LogP contribution in [0, 0.1) is 13.8 Å². The summed E-state index contributed by atoms with van der Waals surface area (Å²) < 4.78 is 38.4. The largest absolute Gasteiger partial charge is 0.584 e. The summed E-state index contributed by atoms with van der Waals surface area (Å²) in [5.74, 6) is -3.12. The van der Waals surface area contributed by atoms with E-state index < -0.39 is 31.5 Å². The zero-order chi connectivity index (χ0) is 30.3. The molecule has 0 saturated heterocycles. The molecule has 1 atom stereocenters. The minimum atomic E-state index is -4.54. The highest BCUT2D eigenvalue weighted by atomic mass is 31.2. The molecule has 0 aromatic heterocycles. The average Bonchev–Trinajstić information content (AvgIpc) is 2.80. The average molecular weight is 585 g/mol. The van der Waals surface area contributed by atoms with Gasteiger partial charge in [0, 0.05) is 39.3 Å². The van der Waals surface area contributed by atoms with Crippen molar-refractivity contribution in [2.45, 2.75) is 47.5 Å². The zero-order valence-corrected chi connectivity index (χ0v) is 24.0. The van der Waals surface area contributed by atoms with Crippen molar-refractivity contribution in [3.63, 3.8) is 0 Å². The van der Waals surface area contributed by atoms with E-state index in [-0.39, 0.29) is 47.2 Å². The Morgan fingerprint density at radius 3 is 1.78 bits per heavy atom. The van der Waals surface area contributed by atoms with Crippen LogP contribution in [0.2, 0.25) is 0 Å². The van der Waals surface area contributed by atoms with Crippen molar-refractivity contribution in [1.29, 1.82) is 0 Å². The first kappa shape index (κ1) is 31.1. The first-order chi connectivity index (χ1) is 19.2. The van der Waals surface area contributed by atoms with Gasteiger partial charge in [0.2, 0.25) is 0 Å². The van der Waals surface area contributed by atoms with Gasteiger partial charge in [-0.2, -0.15) is 0 Å². The van der Waals surface area contributed by atoms with E-state index in [0.717, 1.165) is 31.9 Å². The normalized spacial score (nSPS) is 12.0. The van der Waals surface area contributed by atoms with Crippen molar-refractivity contribution in [3.05, 3.63) is 76.9 Å². The predicted molar refractivity (Wildman–Crippen MR) is 146 cm³/mol. The molecular weight excluding hydrogens is 555 g/mol. The number of ketones is 1. The van der Waals surface area contributed by atoms with Crippen molar-refractivity contribution in [2.24, 2.45) is 0 Å². The van der Waals surface area contributed by atoms with Crippen LogP contribution >= 0.6 is 7.82 Å². The molecule has 41 heavy (non-hydrogen) atoms. The summed E-state index contributed by atoms with van der Waals surface area (Å²) in [5.41, 5.74) is 2.07. The number of benzene rings is 3. The number of carbonyl (C=O) groups excluding carboxylic acids is 4. The first-order valence-corrected chi connectivity index (χ1v) is 13.9. The lowest BCUT2D eigenvalue weighted by molar-refractivity contribution is -0.132. The Hall–Kier alpha value is -4.47. The third kappa shape index (κ3) is 9.59. The zero-order valence-electron chi connectivity index (χ0n) is 23.1. The van der Waals surface area contributed by atoms with E-state index in [2.05, 4.69) is 0 Å². The second-order valence-corrected chi connectivity index (χ2v) is 10.4. The molecule has 216 valence electrons. The Bertz CT molecular complexity index is 1490. The fourth-order valence-electron chi connectivity index (χ4n) is 3.95. The molecule has 0 fully saturated rings. The molecular formula is C29H29O11P. The highest BCUT2D eigenvalue weighted by Crippen LogP contribution is 2.45. The van der Waals surface area contributed by atoms with Crippen LogP contribution in [0.4, 0.5) is 0 Å². The fourth-order valence-corrected chi connectivity index (χ4v) is 4.74. The van der Waals surface area contributed by atoms with Crippen LogP contribution in [0.15, 0.2) is 54.6 Å². The Morgan fingerprint density at radius 1 is 0.707 bits per heavy atom. The molecule has 0 radical (unpaired) electrons. The van der Waals surface area contributed by atoms with E-state index in [1.54, 1.807) is 24.3 Å². The number of ether oxygens (including phenoxy) is 3. The number of hydrogen-bond acceptors (Lipinski definition) is 10. The minimum Gasteiger partial charge on any atom is -0.426 e. The van der Waals surface area contributed by atoms with Crippen molar-refractivity contribution in [3.8, 4) is 28.7 Å². The quantitative estimate of drug-likeness (QED) is 0.132. The number of hydrogen-bond donors (Lipinski definition) is 1. The van der Waals surface area contributed by atoms with Crippen LogP contribution in [0.25, 0.3) is 0 Å². The van der Waals surface area contributed by atoms with E-state index in [0.29, 0.717) is 5.56 Å². The lowest BCUT2D eigenvalue weighted by atomic mass is 10.0. The summed E-state index contributed by atoms with van der Waals surface area (Å²) in [6.07, 6.45) is -0.0107. The van der Waals surface area contributed by atoms with Gasteiger partial charge in [0.05, 0.1) is 0 Å². The lowest BCUT2D eigenvalue weighted by Crippen LogP contribution is -2.13. The van der Waals surface area contributed by atoms with Crippen molar-refractivity contribution in [1.82, 2.24) is 0 Å². The van der Waals surface area contributed by atoms with Crippen LogP contribution in [-0.2, 0) is 25.4 Å². The summed E-state index contributed by atoms with van der Waals surface area (Å²) >= 11 is 0. The topological polar surface area (TPSA) is 152 Å². The Labute approximate surface area is 236 Å². The molecule has 3 rings (SSSR count). The predicted octanol–water partition coefficient (Wildman–Crippen LogP) is 5.45. The third-order valence-electron chi connectivity index (χ3n) is 5.26. The molecule has 0 amide bonds. The van der Waals surface area contributed by atoms with Gasteiger partial charge in [-0.1, -0.05) is 18.2 Å². The SMILES string of the molecule is CC(=O)Oc1cc(OC(C)=O)c(C(=O)CCc2cccc(OP(=O)(O)Oc3cc(C)cc(C)c3)c2)c(OC(C)=O)c1. The molecule has 0 bridgehead atoms. The number of aryl methyl sites for hydroxylation is 3. The smallest absolute Gasteiger partial charge is 0.426 e. The van der Waals surface area contributed by atoms with Gasteiger partial charge >= 0.3 is 25.7 Å². The Kier molecular flexibility index (Phi) is 10.0. The lowest BCUT2D eigenvalue weighted by Gasteiger charge is -2.16. The van der Waals surface area contributed by atoms with Gasteiger partial charge < -0.3 is 23.3 Å². The van der Waals surface area contributed by atoms with E-state index in [4.69, 9.17) is 23.3 Å². The highest BCUT2D eigenvalue weighted by molar-refractivity contribution is 7.48. The molecule has 0 heterocycles. The van der Waals surface area contributed by atoms with Gasteiger partial charge in [-0.25, -0.2) is 4.57 Å². The number of esters is 3. The van der Waals surface area contributed by atoms with E-state index in [1.807, 2.05) is 19.9 Å². The molecule has 0 aliphatic heterocycles. The van der Waals surface area contributed by atoms with Crippen molar-refractivity contribution >= 4 is 31.5 Å². The molecule has 0 spiro atoms. The number of carbonyl (C=O) groups is 4. The molecule has 3 aromatic carbocycles. The van der Waals surface area contributed by atoms with E-state index >= 15 is 0 Å². The second kappa shape index (κ2) is 13.3. The first-order valence-electron chi connectivity index (χ1n) is 12.4. The van der Waals surface area contributed by atoms with Gasteiger partial charge in [-0.3, -0.25) is 24.1 Å². The van der Waals surface area contributed by atoms with Crippen LogP contribution in [0.5, 0.6) is 28.7 Å².